The number of nitrogens with zero attached hydrogens (tertiary/aromatic N) is 5. The van der Waals surface area contributed by atoms with Crippen LogP contribution in [0.2, 0.25) is 0 Å². The van der Waals surface area contributed by atoms with E-state index in [0.717, 1.165) is 11.3 Å². The van der Waals surface area contributed by atoms with Crippen LogP contribution in [0.3, 0.4) is 0 Å². The fourth-order valence-electron chi connectivity index (χ4n) is 3.96. The number of anilines is 1. The van der Waals surface area contributed by atoms with Crippen LogP contribution in [0.5, 0.6) is 5.88 Å². The molecule has 0 bridgehead atoms. The van der Waals surface area contributed by atoms with Crippen LogP contribution in [0.4, 0.5) is 5.69 Å². The number of hydrogen-bond acceptors (Lipinski definition) is 7. The molecule has 8 heteroatoms. The summed E-state index contributed by atoms with van der Waals surface area (Å²) in [7, 11) is 3.99. The van der Waals surface area contributed by atoms with Crippen molar-refractivity contribution in [3.05, 3.63) is 71.6 Å². The minimum Gasteiger partial charge on any atom is -0.468 e. The van der Waals surface area contributed by atoms with Crippen molar-refractivity contribution in [1.29, 1.82) is 0 Å². The predicted molar refractivity (Wildman–Crippen MR) is 115 cm³/mol. The fourth-order valence-corrected chi connectivity index (χ4v) is 3.96. The van der Waals surface area contributed by atoms with Crippen molar-refractivity contribution in [2.75, 3.05) is 19.0 Å². The molecule has 4 aromatic rings. The van der Waals surface area contributed by atoms with Gasteiger partial charge in [-0.3, -0.25) is 4.79 Å². The van der Waals surface area contributed by atoms with Gasteiger partial charge in [-0.1, -0.05) is 0 Å². The Morgan fingerprint density at radius 2 is 1.94 bits per heavy atom. The first-order valence-electron chi connectivity index (χ1n) is 9.90. The summed E-state index contributed by atoms with van der Waals surface area (Å²) in [6, 6.07) is 11.6. The first-order chi connectivity index (χ1) is 14.9. The van der Waals surface area contributed by atoms with Crippen LogP contribution in [0.25, 0.3) is 17.0 Å². The lowest BCUT2D eigenvalue weighted by molar-refractivity contribution is -0.114. The smallest absolute Gasteiger partial charge is 0.228 e. The molecule has 0 saturated carbocycles. The number of aromatic nitrogens is 4. The molecule has 0 saturated heterocycles. The first-order valence-corrected chi connectivity index (χ1v) is 9.90. The van der Waals surface area contributed by atoms with Gasteiger partial charge in [0.1, 0.15) is 17.8 Å². The van der Waals surface area contributed by atoms with E-state index in [1.165, 1.54) is 6.92 Å². The molecule has 8 nitrogen and oxygen atoms in total. The number of hydrogen-bond donors (Lipinski definition) is 0. The summed E-state index contributed by atoms with van der Waals surface area (Å²) in [5, 5.41) is 4.61. The van der Waals surface area contributed by atoms with Crippen molar-refractivity contribution in [2.24, 2.45) is 0 Å². The number of ketones is 1. The highest BCUT2D eigenvalue weighted by Gasteiger charge is 2.37. The normalized spacial score (nSPS) is 15.7. The maximum absolute atomic E-state index is 12.5. The number of Topliss-reactive ketones (excluding diaryl/α,β-unsaturated/α-hetero) is 1. The zero-order valence-corrected chi connectivity index (χ0v) is 17.7. The van der Waals surface area contributed by atoms with Crippen molar-refractivity contribution in [3.8, 4) is 17.3 Å². The van der Waals surface area contributed by atoms with Gasteiger partial charge in [-0.2, -0.15) is 0 Å². The molecule has 4 heterocycles. The van der Waals surface area contributed by atoms with Crippen LogP contribution in [-0.4, -0.2) is 39.5 Å². The molecule has 0 radical (unpaired) electrons. The molecule has 1 aliphatic rings. The Kier molecular flexibility index (Phi) is 4.35. The van der Waals surface area contributed by atoms with E-state index in [2.05, 4.69) is 10.1 Å². The van der Waals surface area contributed by atoms with Crippen LogP contribution in [-0.2, 0) is 4.79 Å². The van der Waals surface area contributed by atoms with Crippen molar-refractivity contribution in [3.63, 3.8) is 0 Å². The monoisotopic (exact) mass is 415 g/mol. The number of benzene rings is 1. The lowest BCUT2D eigenvalue weighted by atomic mass is 9.85. The summed E-state index contributed by atoms with van der Waals surface area (Å²) >= 11 is 0. The molecule has 31 heavy (non-hydrogen) atoms. The number of allylic oxidation sites excluding steroid dienone is 2. The van der Waals surface area contributed by atoms with Crippen LogP contribution < -0.4 is 9.64 Å². The Balaban J connectivity index is 1.70. The number of furan rings is 1. The van der Waals surface area contributed by atoms with E-state index in [1.54, 1.807) is 30.1 Å². The minimum atomic E-state index is -0.472. The summed E-state index contributed by atoms with van der Waals surface area (Å²) < 4.78 is 13.2. The van der Waals surface area contributed by atoms with E-state index in [1.807, 2.05) is 49.3 Å². The number of carbonyl (C=O) groups excluding carboxylic acids is 1. The highest BCUT2D eigenvalue weighted by molar-refractivity contribution is 5.97. The van der Waals surface area contributed by atoms with Gasteiger partial charge in [-0.25, -0.2) is 14.5 Å². The number of rotatable bonds is 4. The lowest BCUT2D eigenvalue weighted by Crippen LogP contribution is -2.21. The third kappa shape index (κ3) is 3.07. The zero-order chi connectivity index (χ0) is 21.7. The standard InChI is InChI=1S/C23H21N5O3/c1-13(29)18-14(2)31-23-20(19(18)17-6-5-11-30-17)22-25-21(26-28(22)12-24-23)15-7-9-16(10-8-15)27(3)4/h5-12,19H,1-4H3/t19-/m1/s1. The fraction of sp³-hybridized carbons (Fsp3) is 0.217. The second-order valence-electron chi connectivity index (χ2n) is 7.68. The summed E-state index contributed by atoms with van der Waals surface area (Å²) in [6.07, 6.45) is 3.16. The lowest BCUT2D eigenvalue weighted by Gasteiger charge is -2.26. The van der Waals surface area contributed by atoms with Gasteiger partial charge in [-0.15, -0.1) is 5.10 Å². The second kappa shape index (κ2) is 7.09. The van der Waals surface area contributed by atoms with Crippen molar-refractivity contribution in [1.82, 2.24) is 19.6 Å². The SMILES string of the molecule is CC(=O)C1=C(C)Oc2ncn3nc(-c4ccc(N(C)C)cc4)nc3c2[C@@H]1c1ccco1. The summed E-state index contributed by atoms with van der Waals surface area (Å²) in [5.74, 6) is 1.54. The molecule has 0 aliphatic carbocycles. The zero-order valence-electron chi connectivity index (χ0n) is 17.7. The molecule has 0 spiro atoms. The quantitative estimate of drug-likeness (QED) is 0.501. The van der Waals surface area contributed by atoms with Gasteiger partial charge < -0.3 is 14.1 Å². The summed E-state index contributed by atoms with van der Waals surface area (Å²) in [5.41, 5.74) is 3.73. The van der Waals surface area contributed by atoms with Gasteiger partial charge in [0.15, 0.2) is 17.3 Å². The van der Waals surface area contributed by atoms with Crippen molar-refractivity contribution >= 4 is 17.1 Å². The first kappa shape index (κ1) is 19.0. The van der Waals surface area contributed by atoms with Gasteiger partial charge in [0.2, 0.25) is 5.88 Å². The molecule has 5 rings (SSSR count). The molecule has 1 aliphatic heterocycles. The van der Waals surface area contributed by atoms with Gasteiger partial charge >= 0.3 is 0 Å². The highest BCUT2D eigenvalue weighted by Crippen LogP contribution is 2.44. The Morgan fingerprint density at radius 1 is 1.16 bits per heavy atom. The van der Waals surface area contributed by atoms with E-state index in [9.17, 15) is 4.79 Å². The molecular formula is C23H21N5O3. The van der Waals surface area contributed by atoms with Gasteiger partial charge in [0, 0.05) is 30.9 Å². The van der Waals surface area contributed by atoms with Crippen molar-refractivity contribution < 1.29 is 13.9 Å². The maximum atomic E-state index is 12.5. The molecule has 3 aromatic heterocycles. The second-order valence-corrected chi connectivity index (χ2v) is 7.68. The van der Waals surface area contributed by atoms with Crippen LogP contribution >= 0.6 is 0 Å². The average Bonchev–Trinajstić information content (AvgIpc) is 3.42. The average molecular weight is 415 g/mol. The molecule has 156 valence electrons. The molecule has 0 N–H and O–H groups in total. The van der Waals surface area contributed by atoms with Crippen LogP contribution in [0, 0.1) is 0 Å². The summed E-state index contributed by atoms with van der Waals surface area (Å²) in [4.78, 5) is 23.8. The molecule has 1 atom stereocenters. The summed E-state index contributed by atoms with van der Waals surface area (Å²) in [6.45, 7) is 3.29. The molecule has 0 unspecified atom stereocenters. The number of ether oxygens (including phenoxy) is 1. The van der Waals surface area contributed by atoms with Crippen LogP contribution in [0.1, 0.15) is 31.1 Å². The largest absolute Gasteiger partial charge is 0.468 e. The van der Waals surface area contributed by atoms with Crippen LogP contribution in [0.15, 0.2) is 64.7 Å². The number of fused-ring (bicyclic) bond motifs is 3. The molecule has 0 fully saturated rings. The van der Waals surface area contributed by atoms with E-state index in [0.29, 0.717) is 40.0 Å². The maximum Gasteiger partial charge on any atom is 0.228 e. The van der Waals surface area contributed by atoms with E-state index in [4.69, 9.17) is 14.1 Å². The molecule has 1 aromatic carbocycles. The van der Waals surface area contributed by atoms with E-state index < -0.39 is 5.92 Å². The minimum absolute atomic E-state index is 0.0921. The predicted octanol–water partition coefficient (Wildman–Crippen LogP) is 3.84. The van der Waals surface area contributed by atoms with Gasteiger partial charge in [0.05, 0.1) is 17.7 Å². The Bertz CT molecular complexity index is 1320. The Hall–Kier alpha value is -3.94. The van der Waals surface area contributed by atoms with Gasteiger partial charge in [-0.05, 0) is 50.2 Å². The highest BCUT2D eigenvalue weighted by atomic mass is 16.5. The Morgan fingerprint density at radius 3 is 2.58 bits per heavy atom. The number of carbonyl (C=O) groups is 1. The third-order valence-electron chi connectivity index (χ3n) is 5.44. The van der Waals surface area contributed by atoms with E-state index in [-0.39, 0.29) is 5.78 Å². The topological polar surface area (TPSA) is 85.8 Å². The molecule has 0 amide bonds. The molecular weight excluding hydrogens is 394 g/mol. The van der Waals surface area contributed by atoms with Crippen molar-refractivity contribution in [2.45, 2.75) is 19.8 Å². The Labute approximate surface area is 178 Å². The third-order valence-corrected chi connectivity index (χ3v) is 5.44. The van der Waals surface area contributed by atoms with Gasteiger partial charge in [0.25, 0.3) is 0 Å². The van der Waals surface area contributed by atoms with E-state index >= 15 is 0 Å².